The van der Waals surface area contributed by atoms with Crippen LogP contribution < -0.4 is 0 Å². The summed E-state index contributed by atoms with van der Waals surface area (Å²) in [6.45, 7) is 1.15. The van der Waals surface area contributed by atoms with E-state index in [1.54, 1.807) is 30.3 Å². The highest BCUT2D eigenvalue weighted by Gasteiger charge is 2.34. The van der Waals surface area contributed by atoms with Crippen LogP contribution in [0.2, 0.25) is 0 Å². The van der Waals surface area contributed by atoms with E-state index in [4.69, 9.17) is 14.7 Å². The van der Waals surface area contributed by atoms with Gasteiger partial charge in [-0.15, -0.1) is 0 Å². The van der Waals surface area contributed by atoms with Crippen LogP contribution in [0.25, 0.3) is 0 Å². The summed E-state index contributed by atoms with van der Waals surface area (Å²) in [5.74, 6) is -2.10. The van der Waals surface area contributed by atoms with E-state index >= 15 is 0 Å². The summed E-state index contributed by atoms with van der Waals surface area (Å²) in [5.41, 5.74) is 0.461. The van der Waals surface area contributed by atoms with Gasteiger partial charge in [0.1, 0.15) is 13.7 Å². The van der Waals surface area contributed by atoms with Crippen molar-refractivity contribution in [2.24, 2.45) is 5.16 Å². The topological polar surface area (TPSA) is 86.6 Å². The van der Waals surface area contributed by atoms with Crippen LogP contribution >= 0.6 is 0 Å². The maximum Gasteiger partial charge on any atom is 0.338 e. The van der Waals surface area contributed by atoms with Crippen LogP contribution in [0.15, 0.2) is 35.5 Å². The molecule has 0 amide bonds. The fourth-order valence-electron chi connectivity index (χ4n) is 1.35. The lowest BCUT2D eigenvalue weighted by atomic mass is 10.2. The smallest absolute Gasteiger partial charge is 0.338 e. The fourth-order valence-corrected chi connectivity index (χ4v) is 1.35. The van der Waals surface area contributed by atoms with Crippen molar-refractivity contribution in [1.29, 1.82) is 0 Å². The van der Waals surface area contributed by atoms with Gasteiger partial charge in [0.15, 0.2) is 5.71 Å². The number of carbonyl (C=O) groups is 1. The number of hydrogen-bond acceptors (Lipinski definition) is 7. The molecular formula is C13H17NO6. The van der Waals surface area contributed by atoms with Crippen LogP contribution in [0, 0.1) is 0 Å². The molecule has 0 spiro atoms. The Morgan fingerprint density at radius 3 is 2.45 bits per heavy atom. The number of hydrogen-bond donors (Lipinski definition) is 1. The van der Waals surface area contributed by atoms with Gasteiger partial charge in [0, 0.05) is 7.11 Å². The van der Waals surface area contributed by atoms with Crippen molar-refractivity contribution in [2.45, 2.75) is 12.7 Å². The Bertz CT molecular complexity index is 455. The molecule has 0 radical (unpaired) electrons. The Morgan fingerprint density at radius 1 is 1.30 bits per heavy atom. The van der Waals surface area contributed by atoms with Gasteiger partial charge in [-0.25, -0.2) is 10.1 Å². The first-order valence-corrected chi connectivity index (χ1v) is 5.77. The molecule has 20 heavy (non-hydrogen) atoms. The van der Waals surface area contributed by atoms with Gasteiger partial charge in [-0.2, -0.15) is 4.89 Å². The molecule has 1 N–H and O–H groups in total. The highest BCUT2D eigenvalue weighted by atomic mass is 17.1. The Morgan fingerprint density at radius 2 is 1.95 bits per heavy atom. The highest BCUT2D eigenvalue weighted by molar-refractivity contribution is 5.95. The minimum atomic E-state index is -1.56. The first-order chi connectivity index (χ1) is 9.57. The Balaban J connectivity index is 2.74. The molecule has 0 saturated carbocycles. The van der Waals surface area contributed by atoms with Gasteiger partial charge < -0.3 is 14.3 Å². The Kier molecular flexibility index (Phi) is 6.10. The van der Waals surface area contributed by atoms with E-state index in [0.29, 0.717) is 5.56 Å². The van der Waals surface area contributed by atoms with Crippen molar-refractivity contribution in [3.63, 3.8) is 0 Å². The van der Waals surface area contributed by atoms with Gasteiger partial charge >= 0.3 is 5.97 Å². The lowest BCUT2D eigenvalue weighted by Gasteiger charge is -2.24. The molecule has 0 aliphatic heterocycles. The summed E-state index contributed by atoms with van der Waals surface area (Å²) >= 11 is 0. The Hall–Kier alpha value is -1.96. The number of nitrogens with zero attached hydrogens (tertiary/aromatic N) is 1. The number of benzene rings is 1. The molecule has 1 aromatic rings. The number of rotatable bonds is 7. The lowest BCUT2D eigenvalue weighted by Crippen LogP contribution is -2.42. The third-order valence-corrected chi connectivity index (χ3v) is 2.64. The number of oxime groups is 1. The van der Waals surface area contributed by atoms with Crippen LogP contribution in [-0.4, -0.2) is 43.6 Å². The zero-order valence-corrected chi connectivity index (χ0v) is 11.5. The van der Waals surface area contributed by atoms with Crippen LogP contribution in [-0.2, 0) is 19.2 Å². The molecule has 110 valence electrons. The van der Waals surface area contributed by atoms with Gasteiger partial charge in [-0.05, 0) is 19.1 Å². The molecule has 1 aromatic carbocycles. The first kappa shape index (κ1) is 16.1. The maximum atomic E-state index is 11.8. The molecule has 0 aromatic heterocycles. The maximum absolute atomic E-state index is 11.8. The first-order valence-electron chi connectivity index (χ1n) is 5.77. The average molecular weight is 283 g/mol. The molecule has 7 nitrogen and oxygen atoms in total. The van der Waals surface area contributed by atoms with Crippen LogP contribution in [0.3, 0.4) is 0 Å². The van der Waals surface area contributed by atoms with Crippen molar-refractivity contribution in [2.75, 3.05) is 20.8 Å². The third kappa shape index (κ3) is 4.02. The largest absolute Gasteiger partial charge is 0.456 e. The molecule has 0 heterocycles. The van der Waals surface area contributed by atoms with Gasteiger partial charge in [-0.3, -0.25) is 0 Å². The van der Waals surface area contributed by atoms with E-state index in [2.05, 4.69) is 14.9 Å². The number of methoxy groups -OCH3 is 1. The summed E-state index contributed by atoms with van der Waals surface area (Å²) in [5, 5.41) is 12.5. The minimum absolute atomic E-state index is 0.0641. The standard InChI is InChI=1S/C13H17NO6/c1-13(17-2,20-16)11(14-18-3)9-19-12(15)10-7-5-4-6-8-10/h4-8,16H,9H2,1-3H3/b14-11-. The predicted molar refractivity (Wildman–Crippen MR) is 70.3 cm³/mol. The monoisotopic (exact) mass is 283 g/mol. The SMILES string of the molecule is CO/N=C(/COC(=O)c1ccccc1)C(C)(OC)OO. The second-order valence-electron chi connectivity index (χ2n) is 3.90. The lowest BCUT2D eigenvalue weighted by molar-refractivity contribution is -0.363. The van der Waals surface area contributed by atoms with E-state index < -0.39 is 11.8 Å². The van der Waals surface area contributed by atoms with E-state index in [9.17, 15) is 4.79 Å². The molecule has 1 unspecified atom stereocenters. The molecule has 7 heteroatoms. The second kappa shape index (κ2) is 7.59. The summed E-state index contributed by atoms with van der Waals surface area (Å²) in [7, 11) is 2.62. The summed E-state index contributed by atoms with van der Waals surface area (Å²) in [4.78, 5) is 20.6. The number of ether oxygens (including phenoxy) is 2. The van der Waals surface area contributed by atoms with E-state index in [-0.39, 0.29) is 12.3 Å². The number of carbonyl (C=O) groups excluding carboxylic acids is 1. The van der Waals surface area contributed by atoms with Gasteiger partial charge in [0.05, 0.1) is 5.56 Å². The molecule has 1 atom stereocenters. The molecule has 0 bridgehead atoms. The zero-order chi connectivity index (χ0) is 15.0. The van der Waals surface area contributed by atoms with Crippen LogP contribution in [0.5, 0.6) is 0 Å². The van der Waals surface area contributed by atoms with Gasteiger partial charge in [0.2, 0.25) is 5.79 Å². The fraction of sp³-hybridized carbons (Fsp3) is 0.385. The van der Waals surface area contributed by atoms with Crippen molar-refractivity contribution >= 4 is 11.7 Å². The molecule has 0 aliphatic rings. The van der Waals surface area contributed by atoms with Crippen molar-refractivity contribution in [3.8, 4) is 0 Å². The van der Waals surface area contributed by atoms with Crippen molar-refractivity contribution < 1.29 is 29.3 Å². The van der Waals surface area contributed by atoms with Gasteiger partial charge in [-0.1, -0.05) is 23.4 Å². The van der Waals surface area contributed by atoms with E-state index in [1.165, 1.54) is 21.1 Å². The molecule has 0 saturated heterocycles. The van der Waals surface area contributed by atoms with Crippen molar-refractivity contribution in [1.82, 2.24) is 0 Å². The summed E-state index contributed by atoms with van der Waals surface area (Å²) in [6, 6.07) is 8.46. The second-order valence-corrected chi connectivity index (χ2v) is 3.90. The minimum Gasteiger partial charge on any atom is -0.456 e. The highest BCUT2D eigenvalue weighted by Crippen LogP contribution is 2.14. The number of esters is 1. The van der Waals surface area contributed by atoms with Crippen molar-refractivity contribution in [3.05, 3.63) is 35.9 Å². The van der Waals surface area contributed by atoms with E-state index in [0.717, 1.165) is 0 Å². The molecule has 1 rings (SSSR count). The molecule has 0 aliphatic carbocycles. The predicted octanol–water partition coefficient (Wildman–Crippen LogP) is 1.70. The summed E-state index contributed by atoms with van der Waals surface area (Å²) in [6.07, 6.45) is 0. The quantitative estimate of drug-likeness (QED) is 0.269. The molecular weight excluding hydrogens is 266 g/mol. The zero-order valence-electron chi connectivity index (χ0n) is 11.5. The normalized spacial score (nSPS) is 14.5. The average Bonchev–Trinajstić information content (AvgIpc) is 2.51. The Labute approximate surface area is 116 Å². The third-order valence-electron chi connectivity index (χ3n) is 2.64. The summed E-state index contributed by atoms with van der Waals surface area (Å²) < 4.78 is 10.0. The van der Waals surface area contributed by atoms with Crippen LogP contribution in [0.4, 0.5) is 0 Å². The van der Waals surface area contributed by atoms with E-state index in [1.807, 2.05) is 0 Å². The molecule has 0 fully saturated rings. The van der Waals surface area contributed by atoms with Gasteiger partial charge in [0.25, 0.3) is 0 Å². The van der Waals surface area contributed by atoms with Crippen LogP contribution in [0.1, 0.15) is 17.3 Å².